The molecule has 0 aromatic heterocycles. The molecule has 1 aliphatic carbocycles. The normalized spacial score (nSPS) is 18.2. The summed E-state index contributed by atoms with van der Waals surface area (Å²) < 4.78 is 29.1. The fourth-order valence-electron chi connectivity index (χ4n) is 3.37. The minimum atomic E-state index is -0.599. The zero-order valence-corrected chi connectivity index (χ0v) is 16.7. The maximum absolute atomic E-state index is 12.9. The average Bonchev–Trinajstić information content (AvgIpc) is 2.74. The highest BCUT2D eigenvalue weighted by Gasteiger charge is 2.26. The molecular formula is C22H25FN2O5. The third kappa shape index (κ3) is 6.37. The lowest BCUT2D eigenvalue weighted by atomic mass is 9.93. The second-order valence-electron chi connectivity index (χ2n) is 7.03. The van der Waals surface area contributed by atoms with Crippen molar-refractivity contribution in [1.29, 1.82) is 0 Å². The number of amides is 2. The number of hydrogen-bond acceptors (Lipinski definition) is 5. The van der Waals surface area contributed by atoms with E-state index in [0.717, 1.165) is 19.3 Å². The molecule has 30 heavy (non-hydrogen) atoms. The number of halogens is 1. The van der Waals surface area contributed by atoms with Crippen LogP contribution >= 0.6 is 0 Å². The fourth-order valence-corrected chi connectivity index (χ4v) is 3.37. The van der Waals surface area contributed by atoms with E-state index < -0.39 is 6.09 Å². The monoisotopic (exact) mass is 416 g/mol. The van der Waals surface area contributed by atoms with Crippen LogP contribution in [-0.2, 0) is 9.53 Å². The molecule has 0 spiro atoms. The van der Waals surface area contributed by atoms with Crippen LogP contribution in [-0.4, -0.2) is 37.9 Å². The molecular weight excluding hydrogens is 391 g/mol. The first-order valence-electron chi connectivity index (χ1n) is 9.82. The summed E-state index contributed by atoms with van der Waals surface area (Å²) in [6.45, 7) is -0.131. The summed E-state index contributed by atoms with van der Waals surface area (Å²) in [6.07, 6.45) is 1.97. The van der Waals surface area contributed by atoms with Crippen molar-refractivity contribution in [2.24, 2.45) is 0 Å². The van der Waals surface area contributed by atoms with Crippen molar-refractivity contribution in [2.75, 3.05) is 19.0 Å². The Morgan fingerprint density at radius 3 is 2.53 bits per heavy atom. The minimum absolute atomic E-state index is 0.101. The molecule has 0 radical (unpaired) electrons. The van der Waals surface area contributed by atoms with Gasteiger partial charge in [0.25, 0.3) is 5.91 Å². The molecule has 2 aromatic carbocycles. The number of methoxy groups -OCH3 is 1. The quantitative estimate of drug-likeness (QED) is 0.715. The van der Waals surface area contributed by atoms with Crippen molar-refractivity contribution in [1.82, 2.24) is 5.32 Å². The number of rotatable bonds is 7. The van der Waals surface area contributed by atoms with Gasteiger partial charge in [0.2, 0.25) is 0 Å². The van der Waals surface area contributed by atoms with Gasteiger partial charge in [-0.05, 0) is 55.7 Å². The van der Waals surface area contributed by atoms with Crippen LogP contribution in [0.4, 0.5) is 14.9 Å². The number of carbonyl (C=O) groups is 2. The Labute approximate surface area is 174 Å². The Morgan fingerprint density at radius 1 is 1.07 bits per heavy atom. The lowest BCUT2D eigenvalue weighted by Gasteiger charge is -2.29. The predicted octanol–water partition coefficient (Wildman–Crippen LogP) is 3.89. The highest BCUT2D eigenvalue weighted by Crippen LogP contribution is 2.26. The predicted molar refractivity (Wildman–Crippen MR) is 109 cm³/mol. The van der Waals surface area contributed by atoms with Crippen LogP contribution in [0.25, 0.3) is 0 Å². The molecule has 7 nitrogen and oxygen atoms in total. The van der Waals surface area contributed by atoms with E-state index in [9.17, 15) is 14.0 Å². The summed E-state index contributed by atoms with van der Waals surface area (Å²) >= 11 is 0. The first-order chi connectivity index (χ1) is 14.5. The molecule has 1 fully saturated rings. The first kappa shape index (κ1) is 21.4. The Bertz CT molecular complexity index is 859. The molecule has 0 bridgehead atoms. The third-order valence-electron chi connectivity index (χ3n) is 4.78. The molecule has 0 heterocycles. The topological polar surface area (TPSA) is 85.9 Å². The van der Waals surface area contributed by atoms with Gasteiger partial charge < -0.3 is 19.5 Å². The smallest absolute Gasteiger partial charge is 0.411 e. The molecule has 2 aromatic rings. The summed E-state index contributed by atoms with van der Waals surface area (Å²) in [7, 11) is 1.54. The molecule has 3 rings (SSSR count). The van der Waals surface area contributed by atoms with Crippen LogP contribution in [0.2, 0.25) is 0 Å². The third-order valence-corrected chi connectivity index (χ3v) is 4.78. The second-order valence-corrected chi connectivity index (χ2v) is 7.03. The molecule has 0 saturated heterocycles. The van der Waals surface area contributed by atoms with Gasteiger partial charge in [0.1, 0.15) is 11.9 Å². The fraction of sp³-hybridized carbons (Fsp3) is 0.364. The van der Waals surface area contributed by atoms with Crippen LogP contribution in [0.15, 0.2) is 48.5 Å². The number of carbonyl (C=O) groups excluding carboxylic acids is 2. The van der Waals surface area contributed by atoms with Crippen LogP contribution < -0.4 is 20.1 Å². The standard InChI is InChI=1S/C22H25FN2O5/c1-28-19-7-2-3-8-20(19)29-14-21(26)24-17-5-4-6-18(13-17)30-22(27)25-16-11-9-15(23)10-12-16/h2-3,7-12,17-18H,4-6,13-14H2,1H3,(H,24,26)(H,25,27)/t17-,18-/m1/s1. The molecule has 0 aliphatic heterocycles. The molecule has 160 valence electrons. The molecule has 2 amide bonds. The van der Waals surface area contributed by atoms with E-state index >= 15 is 0 Å². The zero-order valence-electron chi connectivity index (χ0n) is 16.7. The Hall–Kier alpha value is -3.29. The van der Waals surface area contributed by atoms with E-state index in [1.54, 1.807) is 18.2 Å². The molecule has 0 unspecified atom stereocenters. The van der Waals surface area contributed by atoms with Crippen molar-refractivity contribution < 1.29 is 28.2 Å². The number of nitrogens with one attached hydrogen (secondary N) is 2. The lowest BCUT2D eigenvalue weighted by molar-refractivity contribution is -0.124. The largest absolute Gasteiger partial charge is 0.493 e. The van der Waals surface area contributed by atoms with E-state index in [1.807, 2.05) is 6.07 Å². The summed E-state index contributed by atoms with van der Waals surface area (Å²) in [5.41, 5.74) is 0.454. The first-order valence-corrected chi connectivity index (χ1v) is 9.82. The van der Waals surface area contributed by atoms with Gasteiger partial charge >= 0.3 is 6.09 Å². The second kappa shape index (κ2) is 10.5. The van der Waals surface area contributed by atoms with E-state index in [1.165, 1.54) is 31.4 Å². The van der Waals surface area contributed by atoms with Gasteiger partial charge in [-0.1, -0.05) is 12.1 Å². The van der Waals surface area contributed by atoms with E-state index in [2.05, 4.69) is 10.6 Å². The molecule has 8 heteroatoms. The lowest BCUT2D eigenvalue weighted by Crippen LogP contribution is -2.43. The van der Waals surface area contributed by atoms with Crippen molar-refractivity contribution in [2.45, 2.75) is 37.8 Å². The average molecular weight is 416 g/mol. The summed E-state index contributed by atoms with van der Waals surface area (Å²) in [5.74, 6) is 0.429. The number of anilines is 1. The van der Waals surface area contributed by atoms with Crippen molar-refractivity contribution >= 4 is 17.7 Å². The van der Waals surface area contributed by atoms with Crippen molar-refractivity contribution in [3.8, 4) is 11.5 Å². The number of ether oxygens (including phenoxy) is 3. The van der Waals surface area contributed by atoms with Gasteiger partial charge in [0, 0.05) is 18.2 Å². The maximum Gasteiger partial charge on any atom is 0.411 e. The summed E-state index contributed by atoms with van der Waals surface area (Å²) in [5, 5.41) is 5.50. The van der Waals surface area contributed by atoms with Crippen molar-refractivity contribution in [3.63, 3.8) is 0 Å². The van der Waals surface area contributed by atoms with Gasteiger partial charge in [-0.2, -0.15) is 0 Å². The van der Waals surface area contributed by atoms with Crippen LogP contribution in [0, 0.1) is 5.82 Å². The molecule has 2 N–H and O–H groups in total. The van der Waals surface area contributed by atoms with Crippen molar-refractivity contribution in [3.05, 3.63) is 54.3 Å². The van der Waals surface area contributed by atoms with Gasteiger partial charge in [0.05, 0.1) is 7.11 Å². The number of para-hydroxylation sites is 2. The van der Waals surface area contributed by atoms with Gasteiger partial charge in [-0.25, -0.2) is 9.18 Å². The molecule has 1 saturated carbocycles. The molecule has 2 atom stereocenters. The van der Waals surface area contributed by atoms with Crippen LogP contribution in [0.1, 0.15) is 25.7 Å². The number of hydrogen-bond donors (Lipinski definition) is 2. The zero-order chi connectivity index (χ0) is 21.3. The van der Waals surface area contributed by atoms with Crippen LogP contribution in [0.5, 0.6) is 11.5 Å². The van der Waals surface area contributed by atoms with E-state index in [4.69, 9.17) is 14.2 Å². The maximum atomic E-state index is 12.9. The Morgan fingerprint density at radius 2 is 1.80 bits per heavy atom. The summed E-state index contributed by atoms with van der Waals surface area (Å²) in [6, 6.07) is 12.4. The Balaban J connectivity index is 1.43. The highest BCUT2D eigenvalue weighted by molar-refractivity contribution is 5.84. The van der Waals surface area contributed by atoms with Crippen LogP contribution in [0.3, 0.4) is 0 Å². The van der Waals surface area contributed by atoms with Gasteiger partial charge in [-0.15, -0.1) is 0 Å². The van der Waals surface area contributed by atoms with Gasteiger partial charge in [0.15, 0.2) is 18.1 Å². The minimum Gasteiger partial charge on any atom is -0.493 e. The summed E-state index contributed by atoms with van der Waals surface area (Å²) in [4.78, 5) is 24.3. The van der Waals surface area contributed by atoms with Gasteiger partial charge in [-0.3, -0.25) is 10.1 Å². The SMILES string of the molecule is COc1ccccc1OCC(=O)N[C@@H]1CCC[C@@H](OC(=O)Nc2ccc(F)cc2)C1. The Kier molecular flexibility index (Phi) is 7.48. The highest BCUT2D eigenvalue weighted by atomic mass is 19.1. The van der Waals surface area contributed by atoms with E-state index in [0.29, 0.717) is 23.6 Å². The number of benzene rings is 2. The molecule has 1 aliphatic rings. The van der Waals surface area contributed by atoms with E-state index in [-0.39, 0.29) is 30.5 Å².